The van der Waals surface area contributed by atoms with Gasteiger partial charge < -0.3 is 0 Å². The van der Waals surface area contributed by atoms with Crippen molar-refractivity contribution in [1.82, 2.24) is 0 Å². The number of nitriles is 1. The van der Waals surface area contributed by atoms with Crippen LogP contribution < -0.4 is 0 Å². The number of hydrogen-bond acceptors (Lipinski definition) is 2. The smallest absolute Gasteiger partial charge is 0.152 e. The Morgan fingerprint density at radius 1 is 1.42 bits per heavy atom. The van der Waals surface area contributed by atoms with Gasteiger partial charge in [-0.15, -0.1) is 0 Å². The predicted octanol–water partition coefficient (Wildman–Crippen LogP) is 2.68. The van der Waals surface area contributed by atoms with Crippen molar-refractivity contribution in [3.05, 3.63) is 33.3 Å². The summed E-state index contributed by atoms with van der Waals surface area (Å²) in [6.07, 6.45) is 0.521. The van der Waals surface area contributed by atoms with Crippen molar-refractivity contribution in [3.8, 4) is 6.07 Å². The van der Waals surface area contributed by atoms with E-state index in [1.54, 1.807) is 0 Å². The summed E-state index contributed by atoms with van der Waals surface area (Å²) in [5, 5.41) is 8.96. The van der Waals surface area contributed by atoms with Crippen molar-refractivity contribution in [2.24, 2.45) is 0 Å². The van der Waals surface area contributed by atoms with Gasteiger partial charge in [-0.25, -0.2) is 0 Å². The van der Waals surface area contributed by atoms with E-state index in [0.29, 0.717) is 6.29 Å². The van der Waals surface area contributed by atoms with E-state index < -0.39 is 0 Å². The van der Waals surface area contributed by atoms with Gasteiger partial charge in [-0.05, 0) is 12.1 Å². The fourth-order valence-electron chi connectivity index (χ4n) is 0.779. The number of benzene rings is 1. The normalized spacial score (nSPS) is 9.08. The van der Waals surface area contributed by atoms with Gasteiger partial charge in [0.1, 0.15) is 0 Å². The second-order valence-electron chi connectivity index (χ2n) is 2.05. The van der Waals surface area contributed by atoms with Gasteiger partial charge in [-0.1, -0.05) is 23.2 Å². The summed E-state index contributed by atoms with van der Waals surface area (Å²) < 4.78 is 0. The molecule has 0 amide bonds. The van der Waals surface area contributed by atoms with Crippen LogP contribution in [0.3, 0.4) is 0 Å². The minimum atomic E-state index is 0.130. The molecule has 0 saturated carbocycles. The molecule has 2 nitrogen and oxygen atoms in total. The highest BCUT2D eigenvalue weighted by molar-refractivity contribution is 6.43. The molecule has 0 radical (unpaired) electrons. The van der Waals surface area contributed by atoms with Crippen LogP contribution in [-0.4, -0.2) is 6.29 Å². The summed E-state index contributed by atoms with van der Waals surface area (Å²) in [6, 6.07) is 4.78. The Hall–Kier alpha value is -1.04. The van der Waals surface area contributed by atoms with Gasteiger partial charge in [0, 0.05) is 0 Å². The van der Waals surface area contributed by atoms with E-state index in [4.69, 9.17) is 28.5 Å². The molecule has 1 aromatic rings. The monoisotopic (exact) mass is 199 g/mol. The maximum atomic E-state index is 10.5. The summed E-state index contributed by atoms with van der Waals surface area (Å²) >= 11 is 11.3. The van der Waals surface area contributed by atoms with Crippen LogP contribution in [-0.2, 0) is 0 Å². The minimum absolute atomic E-state index is 0.130. The zero-order valence-electron chi connectivity index (χ0n) is 5.84. The lowest BCUT2D eigenvalue weighted by Gasteiger charge is -1.99. The molecular formula is C8H3Cl2NO. The second kappa shape index (κ2) is 3.57. The molecule has 0 unspecified atom stereocenters. The largest absolute Gasteiger partial charge is 0.298 e. The van der Waals surface area contributed by atoms with Crippen LogP contribution in [0.4, 0.5) is 0 Å². The standard InChI is InChI=1S/C8H3Cl2NO/c9-7-2-1-5(3-11)6(4-12)8(7)10/h1-2,4H. The lowest BCUT2D eigenvalue weighted by Crippen LogP contribution is -1.88. The maximum absolute atomic E-state index is 10.5. The van der Waals surface area contributed by atoms with Crippen LogP contribution >= 0.6 is 23.2 Å². The first kappa shape index (κ1) is 9.05. The Morgan fingerprint density at radius 2 is 2.08 bits per heavy atom. The van der Waals surface area contributed by atoms with Crippen LogP contribution in [0, 0.1) is 11.3 Å². The molecular weight excluding hydrogens is 197 g/mol. The molecule has 0 aliphatic heterocycles. The van der Waals surface area contributed by atoms with Crippen LogP contribution in [0.1, 0.15) is 15.9 Å². The van der Waals surface area contributed by atoms with Gasteiger partial charge in [-0.2, -0.15) is 5.26 Å². The summed E-state index contributed by atoms with van der Waals surface area (Å²) in [5.41, 5.74) is 0.381. The van der Waals surface area contributed by atoms with Crippen LogP contribution in [0.2, 0.25) is 10.0 Å². The highest BCUT2D eigenvalue weighted by Crippen LogP contribution is 2.26. The molecule has 0 saturated heterocycles. The first-order valence-corrected chi connectivity index (χ1v) is 3.79. The lowest BCUT2D eigenvalue weighted by molar-refractivity contribution is 0.112. The molecule has 60 valence electrons. The van der Waals surface area contributed by atoms with E-state index in [1.165, 1.54) is 12.1 Å². The van der Waals surface area contributed by atoms with Gasteiger partial charge in [0.2, 0.25) is 0 Å². The van der Waals surface area contributed by atoms with Gasteiger partial charge in [0.25, 0.3) is 0 Å². The summed E-state index contributed by atoms with van der Waals surface area (Å²) in [7, 11) is 0. The Morgan fingerprint density at radius 3 is 2.58 bits per heavy atom. The number of carbonyl (C=O) groups excluding carboxylic acids is 1. The van der Waals surface area contributed by atoms with E-state index in [1.807, 2.05) is 6.07 Å². The molecule has 0 N–H and O–H groups in total. The molecule has 0 atom stereocenters. The van der Waals surface area contributed by atoms with Crippen LogP contribution in [0.15, 0.2) is 12.1 Å². The van der Waals surface area contributed by atoms with Crippen molar-refractivity contribution >= 4 is 29.5 Å². The SMILES string of the molecule is N#Cc1ccc(Cl)c(Cl)c1C=O. The predicted molar refractivity (Wildman–Crippen MR) is 46.6 cm³/mol. The van der Waals surface area contributed by atoms with Crippen molar-refractivity contribution in [3.63, 3.8) is 0 Å². The number of halogens is 2. The summed E-state index contributed by atoms with van der Waals surface area (Å²) in [5.74, 6) is 0. The number of carbonyl (C=O) groups is 1. The number of hydrogen-bond donors (Lipinski definition) is 0. The molecule has 0 aromatic heterocycles. The van der Waals surface area contributed by atoms with E-state index in [2.05, 4.69) is 0 Å². The lowest BCUT2D eigenvalue weighted by atomic mass is 10.1. The topological polar surface area (TPSA) is 40.9 Å². The van der Waals surface area contributed by atoms with Crippen LogP contribution in [0.25, 0.3) is 0 Å². The van der Waals surface area contributed by atoms with Gasteiger partial charge >= 0.3 is 0 Å². The first-order chi connectivity index (χ1) is 5.70. The van der Waals surface area contributed by atoms with E-state index in [9.17, 15) is 4.79 Å². The number of nitrogens with zero attached hydrogens (tertiary/aromatic N) is 1. The van der Waals surface area contributed by atoms with Crippen molar-refractivity contribution < 1.29 is 4.79 Å². The fraction of sp³-hybridized carbons (Fsp3) is 0. The summed E-state index contributed by atoms with van der Waals surface area (Å²) in [4.78, 5) is 10.5. The molecule has 0 bridgehead atoms. The average molecular weight is 200 g/mol. The Labute approximate surface area is 79.3 Å². The molecule has 1 rings (SSSR count). The van der Waals surface area contributed by atoms with Crippen molar-refractivity contribution in [1.29, 1.82) is 5.26 Å². The van der Waals surface area contributed by atoms with E-state index in [-0.39, 0.29) is 21.2 Å². The second-order valence-corrected chi connectivity index (χ2v) is 2.84. The molecule has 0 fully saturated rings. The third-order valence-electron chi connectivity index (χ3n) is 1.37. The molecule has 1 aromatic carbocycles. The Balaban J connectivity index is 3.48. The first-order valence-electron chi connectivity index (χ1n) is 3.04. The maximum Gasteiger partial charge on any atom is 0.152 e. The van der Waals surface area contributed by atoms with Gasteiger partial charge in [0.15, 0.2) is 6.29 Å². The molecule has 0 heterocycles. The number of aldehydes is 1. The Kier molecular flexibility index (Phi) is 2.69. The van der Waals surface area contributed by atoms with E-state index >= 15 is 0 Å². The third kappa shape index (κ3) is 1.42. The van der Waals surface area contributed by atoms with Crippen molar-refractivity contribution in [2.75, 3.05) is 0 Å². The third-order valence-corrected chi connectivity index (χ3v) is 2.19. The quantitative estimate of drug-likeness (QED) is 0.653. The zero-order valence-corrected chi connectivity index (χ0v) is 7.36. The average Bonchev–Trinajstić information content (AvgIpc) is 2.09. The molecule has 12 heavy (non-hydrogen) atoms. The van der Waals surface area contributed by atoms with Gasteiger partial charge in [0.05, 0.1) is 27.2 Å². The Bertz CT molecular complexity index is 368. The fourth-order valence-corrected chi connectivity index (χ4v) is 1.15. The summed E-state index contributed by atoms with van der Waals surface area (Å²) in [6.45, 7) is 0. The molecule has 0 aliphatic carbocycles. The van der Waals surface area contributed by atoms with Gasteiger partial charge in [-0.3, -0.25) is 4.79 Å². The molecule has 4 heteroatoms. The number of rotatable bonds is 1. The minimum Gasteiger partial charge on any atom is -0.298 e. The molecule has 0 spiro atoms. The van der Waals surface area contributed by atoms with E-state index in [0.717, 1.165) is 0 Å². The zero-order chi connectivity index (χ0) is 9.14. The highest BCUT2D eigenvalue weighted by atomic mass is 35.5. The van der Waals surface area contributed by atoms with Crippen molar-refractivity contribution in [2.45, 2.75) is 0 Å². The highest BCUT2D eigenvalue weighted by Gasteiger charge is 2.08. The molecule has 0 aliphatic rings. The van der Waals surface area contributed by atoms with Crippen LogP contribution in [0.5, 0.6) is 0 Å².